The van der Waals surface area contributed by atoms with Gasteiger partial charge in [0.15, 0.2) is 0 Å². The molecule has 0 fully saturated rings. The van der Waals surface area contributed by atoms with Crippen molar-refractivity contribution in [3.05, 3.63) is 82.7 Å². The number of nitrogens with one attached hydrogen (secondary N) is 2. The van der Waals surface area contributed by atoms with Crippen molar-refractivity contribution in [3.8, 4) is 5.69 Å². The summed E-state index contributed by atoms with van der Waals surface area (Å²) in [5.74, 6) is 0. The third kappa shape index (κ3) is 4.74. The van der Waals surface area contributed by atoms with E-state index in [9.17, 15) is 4.79 Å². The first kappa shape index (κ1) is 20.4. The first-order valence-corrected chi connectivity index (χ1v) is 9.99. The Bertz CT molecular complexity index is 1020. The molecule has 29 heavy (non-hydrogen) atoms. The first-order chi connectivity index (χ1) is 14.0. The van der Waals surface area contributed by atoms with Crippen LogP contribution in [0.3, 0.4) is 0 Å². The van der Waals surface area contributed by atoms with Gasteiger partial charge in [0.1, 0.15) is 0 Å². The molecule has 0 aliphatic carbocycles. The summed E-state index contributed by atoms with van der Waals surface area (Å²) in [7, 11) is 0. The number of benzene rings is 2. The van der Waals surface area contributed by atoms with E-state index in [2.05, 4.69) is 78.4 Å². The van der Waals surface area contributed by atoms with Gasteiger partial charge in [0.25, 0.3) is 0 Å². The molecule has 1 aromatic heterocycles. The van der Waals surface area contributed by atoms with Gasteiger partial charge in [0, 0.05) is 28.3 Å². The van der Waals surface area contributed by atoms with Crippen LogP contribution >= 0.6 is 0 Å². The van der Waals surface area contributed by atoms with Crippen LogP contribution in [0.25, 0.3) is 5.69 Å². The molecule has 2 aromatic carbocycles. The van der Waals surface area contributed by atoms with E-state index in [4.69, 9.17) is 0 Å². The molecular formula is C24H28N4O. The summed E-state index contributed by atoms with van der Waals surface area (Å²) in [5, 5.41) is 6.98. The summed E-state index contributed by atoms with van der Waals surface area (Å²) >= 11 is 0. The molecule has 3 rings (SSSR count). The van der Waals surface area contributed by atoms with Crippen LogP contribution in [-0.2, 0) is 12.8 Å². The second-order valence-electron chi connectivity index (χ2n) is 7.02. The number of rotatable bonds is 6. The Kier molecular flexibility index (Phi) is 6.50. The second kappa shape index (κ2) is 9.24. The lowest BCUT2D eigenvalue weighted by Gasteiger charge is -2.10. The fourth-order valence-electron chi connectivity index (χ4n) is 3.46. The van der Waals surface area contributed by atoms with Gasteiger partial charge in [0.05, 0.1) is 6.21 Å². The van der Waals surface area contributed by atoms with Gasteiger partial charge in [-0.25, -0.2) is 10.2 Å². The summed E-state index contributed by atoms with van der Waals surface area (Å²) in [6.45, 7) is 8.33. The standard InChI is InChI=1S/C24H28N4O/c1-5-19-11-13-22(14-12-19)28-17(3)15-21(18(28)4)16-25-27-24(29)26-23-10-8-7-9-20(23)6-2/h7-16H,5-6H2,1-4H3,(H2,26,27,29)/b25-16+. The molecule has 0 bridgehead atoms. The van der Waals surface area contributed by atoms with Crippen LogP contribution in [0.4, 0.5) is 10.5 Å². The number of anilines is 1. The number of carbonyl (C=O) groups is 1. The molecule has 5 nitrogen and oxygen atoms in total. The topological polar surface area (TPSA) is 58.4 Å². The number of nitrogens with zero attached hydrogens (tertiary/aromatic N) is 2. The zero-order valence-electron chi connectivity index (χ0n) is 17.5. The average Bonchev–Trinajstić information content (AvgIpc) is 3.01. The van der Waals surface area contributed by atoms with Crippen molar-refractivity contribution in [1.82, 2.24) is 9.99 Å². The maximum absolute atomic E-state index is 12.2. The number of carbonyl (C=O) groups excluding carboxylic acids is 1. The van der Waals surface area contributed by atoms with Crippen molar-refractivity contribution >= 4 is 17.9 Å². The molecule has 0 saturated carbocycles. The minimum Gasteiger partial charge on any atom is -0.318 e. The number of hydrazone groups is 1. The van der Waals surface area contributed by atoms with E-state index in [1.807, 2.05) is 24.3 Å². The molecule has 0 aliphatic rings. The van der Waals surface area contributed by atoms with Crippen molar-refractivity contribution in [2.75, 3.05) is 5.32 Å². The summed E-state index contributed by atoms with van der Waals surface area (Å²) in [5.41, 5.74) is 10.0. The highest BCUT2D eigenvalue weighted by atomic mass is 16.2. The van der Waals surface area contributed by atoms with Crippen LogP contribution in [0.15, 0.2) is 59.7 Å². The molecule has 150 valence electrons. The zero-order chi connectivity index (χ0) is 20.8. The van der Waals surface area contributed by atoms with E-state index >= 15 is 0 Å². The maximum Gasteiger partial charge on any atom is 0.339 e. The van der Waals surface area contributed by atoms with Gasteiger partial charge < -0.3 is 9.88 Å². The van der Waals surface area contributed by atoms with Crippen molar-refractivity contribution in [2.24, 2.45) is 5.10 Å². The monoisotopic (exact) mass is 388 g/mol. The Labute approximate surface area is 172 Å². The summed E-state index contributed by atoms with van der Waals surface area (Å²) in [6.07, 6.45) is 3.56. The van der Waals surface area contributed by atoms with Crippen molar-refractivity contribution in [3.63, 3.8) is 0 Å². The molecule has 5 heteroatoms. The fourth-order valence-corrected chi connectivity index (χ4v) is 3.46. The lowest BCUT2D eigenvalue weighted by atomic mass is 10.1. The smallest absolute Gasteiger partial charge is 0.318 e. The number of amides is 2. The predicted octanol–water partition coefficient (Wildman–Crippen LogP) is 5.37. The van der Waals surface area contributed by atoms with Crippen LogP contribution in [0, 0.1) is 13.8 Å². The fraction of sp³-hybridized carbons (Fsp3) is 0.250. The number of para-hydroxylation sites is 1. The average molecular weight is 389 g/mol. The molecule has 0 saturated heterocycles. The van der Waals surface area contributed by atoms with Gasteiger partial charge in [-0.05, 0) is 62.1 Å². The molecule has 0 spiro atoms. The summed E-state index contributed by atoms with van der Waals surface area (Å²) in [6, 6.07) is 18.0. The number of urea groups is 1. The number of aromatic nitrogens is 1. The lowest BCUT2D eigenvalue weighted by Crippen LogP contribution is -2.24. The number of aryl methyl sites for hydroxylation is 3. The Morgan fingerprint density at radius 2 is 1.76 bits per heavy atom. The van der Waals surface area contributed by atoms with E-state index < -0.39 is 0 Å². The van der Waals surface area contributed by atoms with Gasteiger partial charge >= 0.3 is 6.03 Å². The van der Waals surface area contributed by atoms with E-state index in [1.165, 1.54) is 5.56 Å². The number of hydrogen-bond donors (Lipinski definition) is 2. The molecule has 2 amide bonds. The number of hydrogen-bond acceptors (Lipinski definition) is 2. The highest BCUT2D eigenvalue weighted by Crippen LogP contribution is 2.20. The quantitative estimate of drug-likeness (QED) is 0.433. The third-order valence-electron chi connectivity index (χ3n) is 5.09. The van der Waals surface area contributed by atoms with E-state index in [0.717, 1.165) is 46.7 Å². The SMILES string of the molecule is CCc1ccc(-n2c(C)cc(/C=N/NC(=O)Nc3ccccc3CC)c2C)cc1. The third-order valence-corrected chi connectivity index (χ3v) is 5.09. The van der Waals surface area contributed by atoms with E-state index in [0.29, 0.717) is 0 Å². The summed E-state index contributed by atoms with van der Waals surface area (Å²) < 4.78 is 2.19. The van der Waals surface area contributed by atoms with E-state index in [-0.39, 0.29) is 6.03 Å². The summed E-state index contributed by atoms with van der Waals surface area (Å²) in [4.78, 5) is 12.2. The lowest BCUT2D eigenvalue weighted by molar-refractivity contribution is 0.252. The van der Waals surface area contributed by atoms with Gasteiger partial charge in [-0.2, -0.15) is 5.10 Å². The molecule has 3 aromatic rings. The van der Waals surface area contributed by atoms with E-state index in [1.54, 1.807) is 6.21 Å². The Morgan fingerprint density at radius 1 is 1.03 bits per heavy atom. The van der Waals surface area contributed by atoms with Crippen LogP contribution in [0.1, 0.15) is 41.9 Å². The maximum atomic E-state index is 12.2. The Hall–Kier alpha value is -3.34. The minimum absolute atomic E-state index is 0.355. The molecule has 2 N–H and O–H groups in total. The molecule has 0 atom stereocenters. The van der Waals surface area contributed by atoms with Crippen molar-refractivity contribution in [1.29, 1.82) is 0 Å². The largest absolute Gasteiger partial charge is 0.339 e. The van der Waals surface area contributed by atoms with Crippen LogP contribution in [-0.4, -0.2) is 16.8 Å². The van der Waals surface area contributed by atoms with Crippen molar-refractivity contribution < 1.29 is 4.79 Å². The Balaban J connectivity index is 1.70. The van der Waals surface area contributed by atoms with Gasteiger partial charge in [-0.3, -0.25) is 0 Å². The molecule has 0 radical (unpaired) electrons. The molecule has 1 heterocycles. The van der Waals surface area contributed by atoms with Crippen LogP contribution < -0.4 is 10.7 Å². The normalized spacial score (nSPS) is 11.0. The van der Waals surface area contributed by atoms with Gasteiger partial charge in [-0.15, -0.1) is 0 Å². The minimum atomic E-state index is -0.355. The highest BCUT2D eigenvalue weighted by Gasteiger charge is 2.10. The van der Waals surface area contributed by atoms with Gasteiger partial charge in [-0.1, -0.05) is 44.2 Å². The van der Waals surface area contributed by atoms with Crippen LogP contribution in [0.5, 0.6) is 0 Å². The molecular weight excluding hydrogens is 360 g/mol. The first-order valence-electron chi connectivity index (χ1n) is 9.99. The highest BCUT2D eigenvalue weighted by molar-refractivity contribution is 5.91. The zero-order valence-corrected chi connectivity index (χ0v) is 17.5. The predicted molar refractivity (Wildman–Crippen MR) is 120 cm³/mol. The molecule has 0 unspecified atom stereocenters. The second-order valence-corrected chi connectivity index (χ2v) is 7.02. The van der Waals surface area contributed by atoms with Gasteiger partial charge in [0.2, 0.25) is 0 Å². The molecule has 0 aliphatic heterocycles. The van der Waals surface area contributed by atoms with Crippen molar-refractivity contribution in [2.45, 2.75) is 40.5 Å². The van der Waals surface area contributed by atoms with Crippen LogP contribution in [0.2, 0.25) is 0 Å². The Morgan fingerprint density at radius 3 is 2.45 bits per heavy atom.